The Labute approximate surface area is 204 Å². The molecule has 0 bridgehead atoms. The summed E-state index contributed by atoms with van der Waals surface area (Å²) in [6, 6.07) is 14.6. The molecule has 3 heteroatoms. The zero-order chi connectivity index (χ0) is 25.4. The highest BCUT2D eigenvalue weighted by Crippen LogP contribution is 2.15. The number of benzene rings is 1. The quantitative estimate of drug-likeness (QED) is 0.390. The first kappa shape index (κ1) is 34.6. The molecule has 32 heavy (non-hydrogen) atoms. The number of nitrogens with zero attached hydrogens (tertiary/aromatic N) is 2. The van der Waals surface area contributed by atoms with Gasteiger partial charge in [0.1, 0.15) is 0 Å². The highest BCUT2D eigenvalue weighted by molar-refractivity contribution is 7.09. The molecular weight excluding hydrogens is 408 g/mol. The summed E-state index contributed by atoms with van der Waals surface area (Å²) in [4.78, 5) is 8.14. The summed E-state index contributed by atoms with van der Waals surface area (Å²) in [5.74, 6) is 1.85. The van der Waals surface area contributed by atoms with E-state index >= 15 is 0 Å². The van der Waals surface area contributed by atoms with E-state index in [0.717, 1.165) is 0 Å². The molecule has 182 valence electrons. The second-order valence-electron chi connectivity index (χ2n) is 7.03. The van der Waals surface area contributed by atoms with Crippen molar-refractivity contribution in [1.29, 1.82) is 0 Å². The summed E-state index contributed by atoms with van der Waals surface area (Å²) in [5, 5.41) is 3.24. The average Bonchev–Trinajstić information content (AvgIpc) is 3.41. The molecule has 2 nitrogen and oxygen atoms in total. The van der Waals surface area contributed by atoms with Crippen LogP contribution in [-0.2, 0) is 0 Å². The minimum Gasteiger partial charge on any atom is -0.264 e. The Morgan fingerprint density at radius 3 is 1.34 bits per heavy atom. The highest BCUT2D eigenvalue weighted by Gasteiger charge is 1.98. The van der Waals surface area contributed by atoms with E-state index in [4.69, 9.17) is 0 Å². The predicted molar refractivity (Wildman–Crippen MR) is 149 cm³/mol. The molecule has 0 saturated carbocycles. The highest BCUT2D eigenvalue weighted by atomic mass is 32.1. The van der Waals surface area contributed by atoms with E-state index < -0.39 is 0 Å². The van der Waals surface area contributed by atoms with Crippen LogP contribution in [0.3, 0.4) is 0 Å². The van der Waals surface area contributed by atoms with Gasteiger partial charge in [0.2, 0.25) is 0 Å². The lowest BCUT2D eigenvalue weighted by atomic mass is 10.0. The normalized spacial score (nSPS) is 8.84. The van der Waals surface area contributed by atoms with Gasteiger partial charge in [-0.15, -0.1) is 11.3 Å². The SMILES string of the molecule is CC.CC.CC.CC(C)c1ccccc1.CC(C)c1cccnc1.CC(C)c1nccs1. The Bertz CT molecular complexity index is 632. The molecule has 0 fully saturated rings. The number of hydrogen-bond donors (Lipinski definition) is 0. The molecule has 0 aliphatic carbocycles. The summed E-state index contributed by atoms with van der Waals surface area (Å²) in [6.07, 6.45) is 5.55. The zero-order valence-electron chi connectivity index (χ0n) is 22.9. The summed E-state index contributed by atoms with van der Waals surface area (Å²) in [6.45, 7) is 25.0. The average molecular weight is 459 g/mol. The maximum atomic E-state index is 4.13. The minimum atomic E-state index is 0.593. The van der Waals surface area contributed by atoms with Gasteiger partial charge in [-0.2, -0.15) is 0 Å². The van der Waals surface area contributed by atoms with Crippen molar-refractivity contribution in [3.05, 3.63) is 82.6 Å². The van der Waals surface area contributed by atoms with Gasteiger partial charge in [-0.05, 0) is 29.0 Å². The lowest BCUT2D eigenvalue weighted by Crippen LogP contribution is -1.85. The van der Waals surface area contributed by atoms with Crippen LogP contribution in [0.5, 0.6) is 0 Å². The molecule has 0 N–H and O–H groups in total. The van der Waals surface area contributed by atoms with E-state index in [1.54, 1.807) is 17.5 Å². The van der Waals surface area contributed by atoms with E-state index in [2.05, 4.69) is 81.8 Å². The van der Waals surface area contributed by atoms with Crippen LogP contribution in [0.15, 0.2) is 66.4 Å². The number of pyridine rings is 1. The first-order valence-electron chi connectivity index (χ1n) is 12.3. The van der Waals surface area contributed by atoms with Crippen LogP contribution in [0.25, 0.3) is 0 Å². The van der Waals surface area contributed by atoms with Gasteiger partial charge in [0.05, 0.1) is 5.01 Å². The molecule has 1 aromatic carbocycles. The fourth-order valence-electron chi connectivity index (χ4n) is 2.08. The lowest BCUT2D eigenvalue weighted by Gasteiger charge is -2.01. The standard InChI is InChI=1S/C9H12.C8H11N.C6H9NS.3C2H6/c1-8(2)9-6-4-3-5-7-9;1-7(2)8-4-3-5-9-6-8;1-5(2)6-7-3-4-8-6;3*1-2/h3-8H,1-2H3;3-7H,1-2H3;3-5H,1-2H3;3*1-2H3. The third kappa shape index (κ3) is 18.7. The van der Waals surface area contributed by atoms with Gasteiger partial charge in [0.25, 0.3) is 0 Å². The largest absolute Gasteiger partial charge is 0.264 e. The first-order valence-corrected chi connectivity index (χ1v) is 13.1. The van der Waals surface area contributed by atoms with Crippen molar-refractivity contribution in [2.75, 3.05) is 0 Å². The molecule has 0 aliphatic heterocycles. The minimum absolute atomic E-state index is 0.593. The molecule has 3 rings (SSSR count). The summed E-state index contributed by atoms with van der Waals surface area (Å²) in [7, 11) is 0. The zero-order valence-corrected chi connectivity index (χ0v) is 23.7. The Morgan fingerprint density at radius 2 is 1.09 bits per heavy atom. The summed E-state index contributed by atoms with van der Waals surface area (Å²) in [5.41, 5.74) is 2.72. The topological polar surface area (TPSA) is 25.8 Å². The molecular formula is C29H50N2S. The molecule has 0 atom stereocenters. The molecule has 2 heterocycles. The summed E-state index contributed by atoms with van der Waals surface area (Å²) >= 11 is 1.72. The molecule has 0 amide bonds. The van der Waals surface area contributed by atoms with Crippen molar-refractivity contribution in [1.82, 2.24) is 9.97 Å². The van der Waals surface area contributed by atoms with Crippen LogP contribution in [0.4, 0.5) is 0 Å². The number of thiazole rings is 1. The monoisotopic (exact) mass is 458 g/mol. The van der Waals surface area contributed by atoms with E-state index in [0.29, 0.717) is 17.8 Å². The van der Waals surface area contributed by atoms with Gasteiger partial charge < -0.3 is 0 Å². The predicted octanol–water partition coefficient (Wildman–Crippen LogP) is 10.4. The van der Waals surface area contributed by atoms with Crippen molar-refractivity contribution in [3.8, 4) is 0 Å². The Morgan fingerprint density at radius 1 is 0.594 bits per heavy atom. The molecule has 0 spiro atoms. The van der Waals surface area contributed by atoms with E-state index in [9.17, 15) is 0 Å². The van der Waals surface area contributed by atoms with Gasteiger partial charge in [-0.3, -0.25) is 4.98 Å². The van der Waals surface area contributed by atoms with Crippen LogP contribution in [0.2, 0.25) is 0 Å². The third-order valence-corrected chi connectivity index (χ3v) is 4.84. The third-order valence-electron chi connectivity index (χ3n) is 3.76. The first-order chi connectivity index (χ1) is 15.4. The van der Waals surface area contributed by atoms with Crippen molar-refractivity contribution in [2.24, 2.45) is 0 Å². The van der Waals surface area contributed by atoms with Crippen molar-refractivity contribution >= 4 is 11.3 Å². The maximum absolute atomic E-state index is 4.13. The van der Waals surface area contributed by atoms with Gasteiger partial charge >= 0.3 is 0 Å². The fourth-order valence-corrected chi connectivity index (χ4v) is 2.73. The van der Waals surface area contributed by atoms with Gasteiger partial charge in [0.15, 0.2) is 0 Å². The van der Waals surface area contributed by atoms with Crippen LogP contribution in [0, 0.1) is 0 Å². The van der Waals surface area contributed by atoms with Gasteiger partial charge in [-0.1, -0.05) is 119 Å². The van der Waals surface area contributed by atoms with E-state index in [-0.39, 0.29) is 0 Å². The molecule has 0 saturated heterocycles. The van der Waals surface area contributed by atoms with Crippen LogP contribution < -0.4 is 0 Å². The molecule has 0 radical (unpaired) electrons. The summed E-state index contributed by atoms with van der Waals surface area (Å²) < 4.78 is 0. The number of aromatic nitrogens is 2. The Balaban J connectivity index is -0.000000353. The fraction of sp³-hybridized carbons (Fsp3) is 0.517. The Kier molecular flexibility index (Phi) is 27.3. The smallest absolute Gasteiger partial charge is 0.0950 e. The van der Waals surface area contributed by atoms with E-state index in [1.165, 1.54) is 16.1 Å². The number of rotatable bonds is 3. The van der Waals surface area contributed by atoms with Crippen LogP contribution in [0.1, 0.15) is 117 Å². The van der Waals surface area contributed by atoms with Crippen molar-refractivity contribution in [3.63, 3.8) is 0 Å². The second-order valence-corrected chi connectivity index (χ2v) is 7.96. The van der Waals surface area contributed by atoms with Crippen LogP contribution >= 0.6 is 11.3 Å². The number of hydrogen-bond acceptors (Lipinski definition) is 3. The molecule has 0 unspecified atom stereocenters. The second kappa shape index (κ2) is 25.3. The Hall–Kier alpha value is -2.00. The molecule has 0 aliphatic rings. The van der Waals surface area contributed by atoms with Gasteiger partial charge in [-0.25, -0.2) is 4.98 Å². The molecule has 2 aromatic heterocycles. The van der Waals surface area contributed by atoms with Gasteiger partial charge in [0, 0.05) is 29.9 Å². The van der Waals surface area contributed by atoms with Crippen molar-refractivity contribution in [2.45, 2.75) is 101 Å². The van der Waals surface area contributed by atoms with Crippen molar-refractivity contribution < 1.29 is 0 Å². The molecule has 3 aromatic rings. The van der Waals surface area contributed by atoms with E-state index in [1.807, 2.05) is 71.4 Å². The lowest BCUT2D eigenvalue weighted by molar-refractivity contribution is 0.852. The van der Waals surface area contributed by atoms with Crippen LogP contribution in [-0.4, -0.2) is 9.97 Å². The maximum Gasteiger partial charge on any atom is 0.0950 e.